The molecule has 0 unspecified atom stereocenters. The molecule has 0 aromatic heterocycles. The predicted octanol–water partition coefficient (Wildman–Crippen LogP) is 5.05. The second kappa shape index (κ2) is 5.72. The highest BCUT2D eigenvalue weighted by Gasteiger charge is 2.22. The van der Waals surface area contributed by atoms with Gasteiger partial charge in [0.05, 0.1) is 3.57 Å². The monoisotopic (exact) mass is 392 g/mol. The smallest absolute Gasteiger partial charge is 0.136 e. The van der Waals surface area contributed by atoms with Gasteiger partial charge in [-0.1, -0.05) is 36.4 Å². The van der Waals surface area contributed by atoms with E-state index in [0.29, 0.717) is 6.61 Å². The molecule has 21 heavy (non-hydrogen) atoms. The number of hydrogen-bond donors (Lipinski definition) is 0. The number of rotatable bonds is 3. The van der Waals surface area contributed by atoms with Crippen molar-refractivity contribution >= 4 is 28.7 Å². The molecule has 0 atom stereocenters. The van der Waals surface area contributed by atoms with E-state index in [9.17, 15) is 0 Å². The molecule has 0 N–H and O–H groups in total. The second-order valence-corrected chi connectivity index (χ2v) is 6.80. The molecule has 2 nitrogen and oxygen atoms in total. The third-order valence-electron chi connectivity index (χ3n) is 3.34. The molecule has 0 radical (unpaired) electrons. The molecule has 2 aromatic carbocycles. The molecule has 1 aliphatic rings. The topological polar surface area (TPSA) is 18.5 Å². The summed E-state index contributed by atoms with van der Waals surface area (Å²) in [5.74, 6) is 1.75. The Labute approximate surface area is 138 Å². The van der Waals surface area contributed by atoms with Crippen molar-refractivity contribution in [3.63, 3.8) is 0 Å². The number of halogens is 1. The average molecular weight is 392 g/mol. The van der Waals surface area contributed by atoms with E-state index in [-0.39, 0.29) is 5.60 Å². The van der Waals surface area contributed by atoms with E-state index in [0.717, 1.165) is 26.2 Å². The van der Waals surface area contributed by atoms with Crippen molar-refractivity contribution in [1.29, 1.82) is 0 Å². The third kappa shape index (κ3) is 3.40. The third-order valence-corrected chi connectivity index (χ3v) is 4.18. The molecular formula is C18H17IO2. The molecule has 0 saturated heterocycles. The van der Waals surface area contributed by atoms with Gasteiger partial charge in [-0.15, -0.1) is 0 Å². The molecule has 1 aliphatic heterocycles. The Kier molecular flexibility index (Phi) is 3.93. The van der Waals surface area contributed by atoms with E-state index < -0.39 is 0 Å². The lowest BCUT2D eigenvalue weighted by molar-refractivity contribution is 0.158. The van der Waals surface area contributed by atoms with Crippen LogP contribution < -0.4 is 9.47 Å². The first-order valence-electron chi connectivity index (χ1n) is 6.92. The fraction of sp³-hybridized carbons (Fsp3) is 0.222. The largest absolute Gasteiger partial charge is 0.488 e. The Hall–Kier alpha value is -1.49. The number of hydrogen-bond acceptors (Lipinski definition) is 2. The van der Waals surface area contributed by atoms with Gasteiger partial charge in [0, 0.05) is 11.6 Å². The molecule has 108 valence electrons. The minimum Gasteiger partial charge on any atom is -0.488 e. The first-order valence-corrected chi connectivity index (χ1v) is 8.00. The summed E-state index contributed by atoms with van der Waals surface area (Å²) in [6.07, 6.45) is 4.19. The Morgan fingerprint density at radius 1 is 1.14 bits per heavy atom. The summed E-state index contributed by atoms with van der Waals surface area (Å²) in [6, 6.07) is 14.3. The lowest BCUT2D eigenvalue weighted by Gasteiger charge is -2.28. The highest BCUT2D eigenvalue weighted by atomic mass is 127. The van der Waals surface area contributed by atoms with Crippen molar-refractivity contribution < 1.29 is 9.47 Å². The summed E-state index contributed by atoms with van der Waals surface area (Å²) >= 11 is 2.30. The van der Waals surface area contributed by atoms with Crippen LogP contribution in [0.5, 0.6) is 11.5 Å². The second-order valence-electron chi connectivity index (χ2n) is 5.63. The maximum absolute atomic E-state index is 6.00. The first-order chi connectivity index (χ1) is 10.0. The van der Waals surface area contributed by atoms with Crippen molar-refractivity contribution in [3.8, 4) is 11.5 Å². The standard InChI is InChI=1S/C18H17IO2/c1-18(2)9-8-14-10-15(19)17(11-16(14)21-18)20-12-13-6-4-3-5-7-13/h3-11H,12H2,1-2H3. The zero-order valence-corrected chi connectivity index (χ0v) is 14.3. The van der Waals surface area contributed by atoms with Gasteiger partial charge in [0.2, 0.25) is 0 Å². The van der Waals surface area contributed by atoms with E-state index >= 15 is 0 Å². The fourth-order valence-corrected chi connectivity index (χ4v) is 2.87. The minimum absolute atomic E-state index is 0.267. The van der Waals surface area contributed by atoms with Gasteiger partial charge in [-0.05, 0) is 54.1 Å². The van der Waals surface area contributed by atoms with Crippen molar-refractivity contribution in [2.45, 2.75) is 26.1 Å². The summed E-state index contributed by atoms with van der Waals surface area (Å²) in [5, 5.41) is 0. The molecule has 3 heteroatoms. The van der Waals surface area contributed by atoms with Gasteiger partial charge in [-0.25, -0.2) is 0 Å². The number of benzene rings is 2. The average Bonchev–Trinajstić information content (AvgIpc) is 2.46. The quantitative estimate of drug-likeness (QED) is 0.681. The molecule has 0 fully saturated rings. The molecule has 3 rings (SSSR count). The summed E-state index contributed by atoms with van der Waals surface area (Å²) in [7, 11) is 0. The van der Waals surface area contributed by atoms with E-state index in [2.05, 4.69) is 66.8 Å². The maximum atomic E-state index is 6.00. The van der Waals surface area contributed by atoms with Gasteiger partial charge in [0.25, 0.3) is 0 Å². The van der Waals surface area contributed by atoms with Gasteiger partial charge in [-0.2, -0.15) is 0 Å². The van der Waals surface area contributed by atoms with Crippen LogP contribution in [0.15, 0.2) is 48.5 Å². The molecule has 0 amide bonds. The molecule has 1 heterocycles. The zero-order valence-electron chi connectivity index (χ0n) is 12.1. The molecule has 0 spiro atoms. The lowest BCUT2D eigenvalue weighted by Crippen LogP contribution is -2.27. The fourth-order valence-electron chi connectivity index (χ4n) is 2.22. The van der Waals surface area contributed by atoms with Crippen LogP contribution in [0.3, 0.4) is 0 Å². The molecule has 2 aromatic rings. The Bertz CT molecular complexity index is 675. The van der Waals surface area contributed by atoms with Crippen molar-refractivity contribution in [3.05, 3.63) is 63.2 Å². The predicted molar refractivity (Wildman–Crippen MR) is 93.7 cm³/mol. The highest BCUT2D eigenvalue weighted by Crippen LogP contribution is 2.36. The SMILES string of the molecule is CC1(C)C=Cc2cc(I)c(OCc3ccccc3)cc2O1. The van der Waals surface area contributed by atoms with Crippen LogP contribution in [-0.2, 0) is 6.61 Å². The number of ether oxygens (including phenoxy) is 2. The van der Waals surface area contributed by atoms with Crippen molar-refractivity contribution in [2.24, 2.45) is 0 Å². The summed E-state index contributed by atoms with van der Waals surface area (Å²) in [4.78, 5) is 0. The van der Waals surface area contributed by atoms with E-state index in [1.807, 2.05) is 24.3 Å². The maximum Gasteiger partial charge on any atom is 0.136 e. The van der Waals surface area contributed by atoms with Gasteiger partial charge in [0.15, 0.2) is 0 Å². The molecule has 0 aliphatic carbocycles. The summed E-state index contributed by atoms with van der Waals surface area (Å²) in [6.45, 7) is 4.67. The van der Waals surface area contributed by atoms with Crippen molar-refractivity contribution in [1.82, 2.24) is 0 Å². The van der Waals surface area contributed by atoms with Gasteiger partial charge < -0.3 is 9.47 Å². The molecule has 0 saturated carbocycles. The van der Waals surface area contributed by atoms with Crippen LogP contribution in [0.1, 0.15) is 25.0 Å². The van der Waals surface area contributed by atoms with Crippen molar-refractivity contribution in [2.75, 3.05) is 0 Å². The lowest BCUT2D eigenvalue weighted by atomic mass is 10.0. The van der Waals surface area contributed by atoms with Gasteiger partial charge >= 0.3 is 0 Å². The Morgan fingerprint density at radius 3 is 2.67 bits per heavy atom. The van der Waals surface area contributed by atoms with Crippen LogP contribution >= 0.6 is 22.6 Å². The zero-order chi connectivity index (χ0) is 14.9. The van der Waals surface area contributed by atoms with Gasteiger partial charge in [0.1, 0.15) is 23.7 Å². The minimum atomic E-state index is -0.267. The number of fused-ring (bicyclic) bond motifs is 1. The highest BCUT2D eigenvalue weighted by molar-refractivity contribution is 14.1. The van der Waals surface area contributed by atoms with E-state index in [4.69, 9.17) is 9.47 Å². The van der Waals surface area contributed by atoms with Crippen LogP contribution in [-0.4, -0.2) is 5.60 Å². The Balaban J connectivity index is 1.82. The van der Waals surface area contributed by atoms with E-state index in [1.165, 1.54) is 0 Å². The molecular weight excluding hydrogens is 375 g/mol. The molecule has 0 bridgehead atoms. The normalized spacial score (nSPS) is 15.2. The van der Waals surface area contributed by atoms with Crippen LogP contribution in [0, 0.1) is 3.57 Å². The van der Waals surface area contributed by atoms with Crippen LogP contribution in [0.4, 0.5) is 0 Å². The Morgan fingerprint density at radius 2 is 1.90 bits per heavy atom. The summed E-state index contributed by atoms with van der Waals surface area (Å²) < 4.78 is 13.0. The summed E-state index contributed by atoms with van der Waals surface area (Å²) in [5.41, 5.74) is 1.99. The van der Waals surface area contributed by atoms with Gasteiger partial charge in [-0.3, -0.25) is 0 Å². The van der Waals surface area contributed by atoms with Crippen LogP contribution in [0.2, 0.25) is 0 Å². The first kappa shape index (κ1) is 14.4. The van der Waals surface area contributed by atoms with E-state index in [1.54, 1.807) is 0 Å². The van der Waals surface area contributed by atoms with Crippen LogP contribution in [0.25, 0.3) is 6.08 Å².